The van der Waals surface area contributed by atoms with Gasteiger partial charge in [-0.25, -0.2) is 9.69 Å². The molecule has 43 heavy (non-hydrogen) atoms. The summed E-state index contributed by atoms with van der Waals surface area (Å²) >= 11 is 3.72. The van der Waals surface area contributed by atoms with Gasteiger partial charge in [-0.3, -0.25) is 0 Å². The average molecular weight is 582 g/mol. The zero-order valence-corrected chi connectivity index (χ0v) is 24.3. The highest BCUT2D eigenvalue weighted by atomic mass is 32.1. The van der Waals surface area contributed by atoms with Crippen LogP contribution >= 0.6 is 22.7 Å². The van der Waals surface area contributed by atoms with Crippen molar-refractivity contribution in [3.05, 3.63) is 138 Å². The van der Waals surface area contributed by atoms with Gasteiger partial charge in [0, 0.05) is 47.6 Å². The smallest absolute Gasteiger partial charge is 0.196 e. The molecule has 0 aliphatic rings. The van der Waals surface area contributed by atoms with Crippen molar-refractivity contribution in [1.82, 2.24) is 4.57 Å². The van der Waals surface area contributed by atoms with Crippen LogP contribution in [0.15, 0.2) is 115 Å². The molecule has 9 rings (SSSR count). The lowest BCUT2D eigenvalue weighted by atomic mass is 9.98. The van der Waals surface area contributed by atoms with Crippen LogP contribution in [0, 0.1) is 13.1 Å². The summed E-state index contributed by atoms with van der Waals surface area (Å²) in [6, 6.07) is 40.0. The van der Waals surface area contributed by atoms with Gasteiger partial charge in [0.25, 0.3) is 0 Å². The second-order valence-electron chi connectivity index (χ2n) is 10.7. The minimum Gasteiger partial charge on any atom is -0.310 e. The van der Waals surface area contributed by atoms with E-state index in [1.807, 2.05) is 65.1 Å². The Morgan fingerprint density at radius 2 is 1.23 bits per heavy atom. The van der Waals surface area contributed by atoms with Crippen LogP contribution in [0.2, 0.25) is 0 Å². The molecule has 0 fully saturated rings. The lowest BCUT2D eigenvalue weighted by molar-refractivity contribution is 1.18. The number of aromatic nitrogens is 1. The Hall–Kier alpha value is -5.46. The van der Waals surface area contributed by atoms with Gasteiger partial charge < -0.3 is 4.57 Å². The predicted molar refractivity (Wildman–Crippen MR) is 185 cm³/mol. The Bertz CT molecular complexity index is 2710. The fraction of sp³-hybridized carbons (Fsp3) is 0. The van der Waals surface area contributed by atoms with Gasteiger partial charge in [-0.1, -0.05) is 72.8 Å². The molecule has 9 aromatic rings. The summed E-state index contributed by atoms with van der Waals surface area (Å²) in [7, 11) is 0. The number of nitrogens with zero attached hydrogens (tertiary/aromatic N) is 3. The first-order chi connectivity index (χ1) is 21.2. The number of thiophene rings is 2. The maximum Gasteiger partial charge on any atom is 0.196 e. The Kier molecular flexibility index (Phi) is 5.07. The van der Waals surface area contributed by atoms with Crippen molar-refractivity contribution in [1.29, 1.82) is 0 Å². The molecule has 3 aromatic heterocycles. The largest absolute Gasteiger partial charge is 0.310 e. The van der Waals surface area contributed by atoms with Crippen LogP contribution in [0.1, 0.15) is 0 Å². The fourth-order valence-corrected chi connectivity index (χ4v) is 9.09. The molecule has 0 unspecified atom stereocenters. The van der Waals surface area contributed by atoms with E-state index in [0.717, 1.165) is 38.6 Å². The van der Waals surface area contributed by atoms with Crippen LogP contribution < -0.4 is 0 Å². The van der Waals surface area contributed by atoms with Crippen LogP contribution in [0.25, 0.3) is 88.7 Å². The van der Waals surface area contributed by atoms with Crippen molar-refractivity contribution >= 4 is 96.2 Å². The first-order valence-corrected chi connectivity index (χ1v) is 15.6. The summed E-state index contributed by atoms with van der Waals surface area (Å²) in [5, 5.41) is 7.22. The van der Waals surface area contributed by atoms with E-state index in [2.05, 4.69) is 87.1 Å². The predicted octanol–water partition coefficient (Wildman–Crippen LogP) is 12.3. The minimum atomic E-state index is 0.618. The second kappa shape index (κ2) is 9.02. The van der Waals surface area contributed by atoms with E-state index in [0.29, 0.717) is 11.4 Å². The standard InChI is InChI=1S/C38H19N3S2/c1-39-23-15-18-32-28(21-23)24-8-3-5-11-31(24)41(32)33-12-7-10-30(40-2)36(33)22-14-19-35-29(20-22)27-17-16-26-25-9-4-6-13-34(25)42-37(26)38(27)43-35/h3-21H. The van der Waals surface area contributed by atoms with Crippen molar-refractivity contribution in [3.63, 3.8) is 0 Å². The SMILES string of the molecule is [C-]#[N+]c1ccc2c(c1)c1ccccc1n2-c1cccc([N+]#[C-])c1-c1ccc2sc3c(ccc4c5ccccc5sc43)c2c1. The fourth-order valence-electron chi connectivity index (χ4n) is 6.57. The summed E-state index contributed by atoms with van der Waals surface area (Å²) in [5.41, 5.74) is 6.21. The highest BCUT2D eigenvalue weighted by Gasteiger charge is 2.20. The molecule has 0 N–H and O–H groups in total. The van der Waals surface area contributed by atoms with E-state index in [1.54, 1.807) is 0 Å². The van der Waals surface area contributed by atoms with E-state index in [4.69, 9.17) is 13.1 Å². The Labute approximate surface area is 254 Å². The maximum atomic E-state index is 8.13. The zero-order valence-electron chi connectivity index (χ0n) is 22.6. The van der Waals surface area contributed by atoms with Crippen molar-refractivity contribution in [2.45, 2.75) is 0 Å². The lowest BCUT2D eigenvalue weighted by Gasteiger charge is -2.16. The Balaban J connectivity index is 1.34. The van der Waals surface area contributed by atoms with Crippen LogP contribution in [0.4, 0.5) is 11.4 Å². The molecule has 0 atom stereocenters. The Morgan fingerprint density at radius 3 is 2.05 bits per heavy atom. The zero-order chi connectivity index (χ0) is 28.7. The summed E-state index contributed by atoms with van der Waals surface area (Å²) in [6.07, 6.45) is 0. The molecule has 0 aliphatic carbocycles. The number of hydrogen-bond acceptors (Lipinski definition) is 2. The number of benzene rings is 6. The van der Waals surface area contributed by atoms with Crippen LogP contribution in [0.3, 0.4) is 0 Å². The molecule has 0 bridgehead atoms. The topological polar surface area (TPSA) is 13.6 Å². The van der Waals surface area contributed by atoms with E-state index in [1.165, 1.54) is 40.3 Å². The minimum absolute atomic E-state index is 0.618. The average Bonchev–Trinajstić information content (AvgIpc) is 3.73. The third-order valence-electron chi connectivity index (χ3n) is 8.44. The van der Waals surface area contributed by atoms with Crippen molar-refractivity contribution < 1.29 is 0 Å². The molecule has 5 heteroatoms. The maximum absolute atomic E-state index is 8.13. The number of rotatable bonds is 2. The molecule has 0 saturated heterocycles. The first kappa shape index (κ1) is 24.2. The quantitative estimate of drug-likeness (QED) is 0.180. The highest BCUT2D eigenvalue weighted by molar-refractivity contribution is 7.33. The molecule has 198 valence electrons. The van der Waals surface area contributed by atoms with Gasteiger partial charge in [0.05, 0.1) is 33.6 Å². The summed E-state index contributed by atoms with van der Waals surface area (Å²) < 4.78 is 7.47. The molecule has 3 heterocycles. The first-order valence-electron chi connectivity index (χ1n) is 13.9. The van der Waals surface area contributed by atoms with Gasteiger partial charge >= 0.3 is 0 Å². The second-order valence-corrected chi connectivity index (χ2v) is 12.8. The van der Waals surface area contributed by atoms with E-state index in [9.17, 15) is 0 Å². The summed E-state index contributed by atoms with van der Waals surface area (Å²) in [6.45, 7) is 15.7. The normalized spacial score (nSPS) is 11.7. The van der Waals surface area contributed by atoms with Crippen molar-refractivity contribution in [3.8, 4) is 16.8 Å². The van der Waals surface area contributed by atoms with Crippen molar-refractivity contribution in [2.75, 3.05) is 0 Å². The van der Waals surface area contributed by atoms with E-state index in [-0.39, 0.29) is 0 Å². The third kappa shape index (κ3) is 3.38. The number of fused-ring (bicyclic) bond motifs is 10. The van der Waals surface area contributed by atoms with Crippen LogP contribution in [-0.4, -0.2) is 4.57 Å². The molecular formula is C38H19N3S2. The molecule has 3 nitrogen and oxygen atoms in total. The molecule has 0 saturated carbocycles. The highest BCUT2D eigenvalue weighted by Crippen LogP contribution is 2.47. The molecule has 0 radical (unpaired) electrons. The van der Waals surface area contributed by atoms with Gasteiger partial charge in [-0.2, -0.15) is 0 Å². The van der Waals surface area contributed by atoms with E-state index < -0.39 is 0 Å². The molecule has 0 amide bonds. The van der Waals surface area contributed by atoms with Gasteiger partial charge in [0.2, 0.25) is 0 Å². The molecule has 0 spiro atoms. The van der Waals surface area contributed by atoms with Gasteiger partial charge in [-0.05, 0) is 53.4 Å². The number of para-hydroxylation sites is 1. The molecule has 6 aromatic carbocycles. The van der Waals surface area contributed by atoms with E-state index >= 15 is 0 Å². The van der Waals surface area contributed by atoms with Crippen molar-refractivity contribution in [2.24, 2.45) is 0 Å². The van der Waals surface area contributed by atoms with Gasteiger partial charge in [-0.15, -0.1) is 22.7 Å². The monoisotopic (exact) mass is 581 g/mol. The molecular weight excluding hydrogens is 563 g/mol. The number of hydrogen-bond donors (Lipinski definition) is 0. The van der Waals surface area contributed by atoms with Crippen LogP contribution in [-0.2, 0) is 0 Å². The van der Waals surface area contributed by atoms with Gasteiger partial charge in [0.1, 0.15) is 0 Å². The lowest BCUT2D eigenvalue weighted by Crippen LogP contribution is -1.97. The molecule has 0 aliphatic heterocycles. The summed E-state index contributed by atoms with van der Waals surface area (Å²) in [5.74, 6) is 0. The Morgan fingerprint density at radius 1 is 0.512 bits per heavy atom. The van der Waals surface area contributed by atoms with Gasteiger partial charge in [0.15, 0.2) is 11.4 Å². The van der Waals surface area contributed by atoms with Crippen LogP contribution in [0.5, 0.6) is 0 Å². The third-order valence-corrected chi connectivity index (χ3v) is 11.0. The summed E-state index contributed by atoms with van der Waals surface area (Å²) in [4.78, 5) is 7.69.